The van der Waals surface area contributed by atoms with E-state index < -0.39 is 0 Å². The Morgan fingerprint density at radius 2 is 2.08 bits per heavy atom. The van der Waals surface area contributed by atoms with E-state index in [4.69, 9.17) is 4.42 Å². The Kier molecular flexibility index (Phi) is 7.34. The van der Waals surface area contributed by atoms with Crippen LogP contribution in [0.3, 0.4) is 0 Å². The Labute approximate surface area is 155 Å². The van der Waals surface area contributed by atoms with Gasteiger partial charge in [-0.05, 0) is 26.0 Å². The van der Waals surface area contributed by atoms with Gasteiger partial charge in [-0.2, -0.15) is 0 Å². The van der Waals surface area contributed by atoms with E-state index in [-0.39, 0.29) is 49.7 Å². The molecule has 0 unspecified atom stereocenters. The maximum atomic E-state index is 12.5. The molecule has 140 valence electrons. The lowest BCUT2D eigenvalue weighted by molar-refractivity contribution is -0.137. The van der Waals surface area contributed by atoms with Crippen LogP contribution in [0.5, 0.6) is 0 Å². The van der Waals surface area contributed by atoms with Gasteiger partial charge in [-0.1, -0.05) is 0 Å². The second-order valence-corrected chi connectivity index (χ2v) is 6.83. The zero-order chi connectivity index (χ0) is 18.9. The van der Waals surface area contributed by atoms with Gasteiger partial charge in [0, 0.05) is 30.5 Å². The fourth-order valence-corrected chi connectivity index (χ4v) is 2.75. The second-order valence-electron chi connectivity index (χ2n) is 5.94. The number of anilines is 1. The largest absolute Gasteiger partial charge is 0.467 e. The van der Waals surface area contributed by atoms with Crippen LogP contribution in [0.4, 0.5) is 5.13 Å². The highest BCUT2D eigenvalue weighted by molar-refractivity contribution is 7.13. The molecule has 2 heterocycles. The number of hydrogen-bond donors (Lipinski definition) is 2. The Hall–Kier alpha value is -2.68. The SMILES string of the molecule is CC(C)NC(=O)CN(Cc1ccco1)C(=O)CCC(=O)Nc1nccs1. The lowest BCUT2D eigenvalue weighted by atomic mass is 10.2. The molecule has 0 saturated carbocycles. The first-order valence-electron chi connectivity index (χ1n) is 8.23. The number of carbonyl (C=O) groups excluding carboxylic acids is 3. The van der Waals surface area contributed by atoms with E-state index >= 15 is 0 Å². The van der Waals surface area contributed by atoms with Crippen molar-refractivity contribution in [1.29, 1.82) is 0 Å². The van der Waals surface area contributed by atoms with Crippen molar-refractivity contribution in [2.75, 3.05) is 11.9 Å². The summed E-state index contributed by atoms with van der Waals surface area (Å²) in [5.74, 6) is -0.275. The summed E-state index contributed by atoms with van der Waals surface area (Å²) in [6.45, 7) is 3.77. The Balaban J connectivity index is 1.90. The van der Waals surface area contributed by atoms with Crippen LogP contribution in [0.1, 0.15) is 32.4 Å². The number of nitrogens with zero attached hydrogens (tertiary/aromatic N) is 2. The molecule has 0 atom stereocenters. The Morgan fingerprint density at radius 1 is 1.27 bits per heavy atom. The van der Waals surface area contributed by atoms with Gasteiger partial charge >= 0.3 is 0 Å². The lowest BCUT2D eigenvalue weighted by Crippen LogP contribution is -2.42. The smallest absolute Gasteiger partial charge is 0.239 e. The monoisotopic (exact) mass is 378 g/mol. The van der Waals surface area contributed by atoms with Crippen LogP contribution in [0.15, 0.2) is 34.4 Å². The molecule has 2 N–H and O–H groups in total. The molecule has 0 aliphatic rings. The first-order chi connectivity index (χ1) is 12.4. The van der Waals surface area contributed by atoms with Crippen molar-refractivity contribution in [2.24, 2.45) is 0 Å². The third-order valence-corrected chi connectivity index (χ3v) is 4.00. The van der Waals surface area contributed by atoms with E-state index in [9.17, 15) is 14.4 Å². The quantitative estimate of drug-likeness (QED) is 0.694. The molecule has 8 nitrogen and oxygen atoms in total. The fourth-order valence-electron chi connectivity index (χ4n) is 2.21. The molecular weight excluding hydrogens is 356 g/mol. The average Bonchev–Trinajstić information content (AvgIpc) is 3.25. The summed E-state index contributed by atoms with van der Waals surface area (Å²) in [5, 5.41) is 7.62. The van der Waals surface area contributed by atoms with Crippen molar-refractivity contribution in [3.05, 3.63) is 35.7 Å². The maximum Gasteiger partial charge on any atom is 0.239 e. The number of furan rings is 1. The average molecular weight is 378 g/mol. The molecule has 3 amide bonds. The zero-order valence-electron chi connectivity index (χ0n) is 14.7. The molecule has 0 radical (unpaired) electrons. The van der Waals surface area contributed by atoms with Crippen molar-refractivity contribution in [3.8, 4) is 0 Å². The van der Waals surface area contributed by atoms with Gasteiger partial charge in [0.1, 0.15) is 5.76 Å². The topological polar surface area (TPSA) is 105 Å². The molecule has 2 rings (SSSR count). The van der Waals surface area contributed by atoms with Crippen molar-refractivity contribution in [2.45, 2.75) is 39.3 Å². The van der Waals surface area contributed by atoms with E-state index in [1.165, 1.54) is 22.5 Å². The van der Waals surface area contributed by atoms with Gasteiger partial charge in [-0.25, -0.2) is 4.98 Å². The predicted molar refractivity (Wildman–Crippen MR) is 97.4 cm³/mol. The third kappa shape index (κ3) is 6.67. The Morgan fingerprint density at radius 3 is 2.69 bits per heavy atom. The second kappa shape index (κ2) is 9.71. The summed E-state index contributed by atoms with van der Waals surface area (Å²) in [5.41, 5.74) is 0. The predicted octanol–water partition coefficient (Wildman–Crippen LogP) is 2.01. The molecule has 0 aromatic carbocycles. The molecule has 0 bridgehead atoms. The number of thiazole rings is 1. The summed E-state index contributed by atoms with van der Waals surface area (Å²) in [6, 6.07) is 3.43. The summed E-state index contributed by atoms with van der Waals surface area (Å²) in [6.07, 6.45) is 3.10. The summed E-state index contributed by atoms with van der Waals surface area (Å²) in [4.78, 5) is 41.8. The van der Waals surface area contributed by atoms with Gasteiger partial charge in [-0.3, -0.25) is 14.4 Å². The third-order valence-electron chi connectivity index (χ3n) is 3.31. The summed E-state index contributed by atoms with van der Waals surface area (Å²) in [7, 11) is 0. The summed E-state index contributed by atoms with van der Waals surface area (Å²) >= 11 is 1.30. The Bertz CT molecular complexity index is 713. The summed E-state index contributed by atoms with van der Waals surface area (Å²) < 4.78 is 5.26. The molecule has 0 fully saturated rings. The van der Waals surface area contributed by atoms with Gasteiger partial charge in [0.25, 0.3) is 0 Å². The highest BCUT2D eigenvalue weighted by Gasteiger charge is 2.20. The van der Waals surface area contributed by atoms with Crippen LogP contribution >= 0.6 is 11.3 Å². The minimum absolute atomic E-state index is 0.00707. The van der Waals surface area contributed by atoms with Crippen LogP contribution in [-0.2, 0) is 20.9 Å². The van der Waals surface area contributed by atoms with Crippen LogP contribution in [0, 0.1) is 0 Å². The molecule has 9 heteroatoms. The van der Waals surface area contributed by atoms with Crippen molar-refractivity contribution >= 4 is 34.2 Å². The number of rotatable bonds is 9. The molecular formula is C17H22N4O4S. The van der Waals surface area contributed by atoms with Crippen molar-refractivity contribution < 1.29 is 18.8 Å². The van der Waals surface area contributed by atoms with Crippen LogP contribution in [0.2, 0.25) is 0 Å². The minimum atomic E-state index is -0.297. The van der Waals surface area contributed by atoms with Gasteiger partial charge in [0.05, 0.1) is 19.4 Å². The van der Waals surface area contributed by atoms with E-state index in [1.807, 2.05) is 13.8 Å². The highest BCUT2D eigenvalue weighted by Crippen LogP contribution is 2.12. The van der Waals surface area contributed by atoms with Crippen LogP contribution in [0.25, 0.3) is 0 Å². The van der Waals surface area contributed by atoms with Crippen LogP contribution < -0.4 is 10.6 Å². The molecule has 0 saturated heterocycles. The van der Waals surface area contributed by atoms with E-state index in [1.54, 1.807) is 23.7 Å². The number of carbonyl (C=O) groups is 3. The van der Waals surface area contributed by atoms with E-state index in [0.29, 0.717) is 10.9 Å². The minimum Gasteiger partial charge on any atom is -0.467 e. The molecule has 2 aromatic heterocycles. The maximum absolute atomic E-state index is 12.5. The molecule has 2 aromatic rings. The van der Waals surface area contributed by atoms with Gasteiger partial charge in [0.2, 0.25) is 17.7 Å². The number of aromatic nitrogens is 1. The number of nitrogens with one attached hydrogen (secondary N) is 2. The van der Waals surface area contributed by atoms with E-state index in [0.717, 1.165) is 0 Å². The lowest BCUT2D eigenvalue weighted by Gasteiger charge is -2.22. The standard InChI is InChI=1S/C17H22N4O4S/c1-12(2)19-15(23)11-21(10-13-4-3-8-25-13)16(24)6-5-14(22)20-17-18-7-9-26-17/h3-4,7-9,12H,5-6,10-11H2,1-2H3,(H,19,23)(H,18,20,22). The first-order valence-corrected chi connectivity index (χ1v) is 9.11. The normalized spacial score (nSPS) is 10.6. The molecule has 0 aliphatic carbocycles. The fraction of sp³-hybridized carbons (Fsp3) is 0.412. The molecule has 26 heavy (non-hydrogen) atoms. The van der Waals surface area contributed by atoms with Gasteiger partial charge in [-0.15, -0.1) is 11.3 Å². The first kappa shape index (κ1) is 19.6. The van der Waals surface area contributed by atoms with Gasteiger partial charge < -0.3 is 20.0 Å². The number of amides is 3. The van der Waals surface area contributed by atoms with Crippen molar-refractivity contribution in [3.63, 3.8) is 0 Å². The van der Waals surface area contributed by atoms with E-state index in [2.05, 4.69) is 15.6 Å². The highest BCUT2D eigenvalue weighted by atomic mass is 32.1. The van der Waals surface area contributed by atoms with Crippen molar-refractivity contribution in [1.82, 2.24) is 15.2 Å². The molecule has 0 spiro atoms. The zero-order valence-corrected chi connectivity index (χ0v) is 15.5. The van der Waals surface area contributed by atoms with Gasteiger partial charge in [0.15, 0.2) is 5.13 Å². The van der Waals surface area contributed by atoms with Crippen LogP contribution in [-0.4, -0.2) is 40.2 Å². The number of hydrogen-bond acceptors (Lipinski definition) is 6. The molecule has 0 aliphatic heterocycles.